The fourth-order valence-corrected chi connectivity index (χ4v) is 2.52. The molecule has 2 aromatic carbocycles. The smallest absolute Gasteiger partial charge is 0.257 e. The van der Waals surface area contributed by atoms with E-state index in [1.807, 2.05) is 31.2 Å². The van der Waals surface area contributed by atoms with Crippen molar-refractivity contribution in [3.8, 4) is 11.5 Å². The van der Waals surface area contributed by atoms with Crippen molar-refractivity contribution in [3.63, 3.8) is 0 Å². The van der Waals surface area contributed by atoms with Gasteiger partial charge in [0.15, 0.2) is 0 Å². The van der Waals surface area contributed by atoms with Crippen LogP contribution in [0.15, 0.2) is 36.4 Å². The molecule has 2 N–H and O–H groups in total. The van der Waals surface area contributed by atoms with E-state index in [-0.39, 0.29) is 5.91 Å². The van der Waals surface area contributed by atoms with E-state index in [9.17, 15) is 4.79 Å². The molecule has 0 aromatic heterocycles. The van der Waals surface area contributed by atoms with Gasteiger partial charge >= 0.3 is 0 Å². The maximum Gasteiger partial charge on any atom is 0.257 e. The highest BCUT2D eigenvalue weighted by Crippen LogP contribution is 2.30. The summed E-state index contributed by atoms with van der Waals surface area (Å²) >= 11 is 6.06. The predicted molar refractivity (Wildman–Crippen MR) is 95.8 cm³/mol. The third-order valence-corrected chi connectivity index (χ3v) is 4.08. The lowest BCUT2D eigenvalue weighted by molar-refractivity contribution is 0.0749. The number of nitrogen functional groups attached to an aromatic ring is 1. The lowest BCUT2D eigenvalue weighted by Gasteiger charge is -2.22. The van der Waals surface area contributed by atoms with Gasteiger partial charge in [-0.3, -0.25) is 4.79 Å². The maximum absolute atomic E-state index is 12.9. The minimum Gasteiger partial charge on any atom is -0.497 e. The van der Waals surface area contributed by atoms with Crippen molar-refractivity contribution in [2.45, 2.75) is 13.5 Å². The van der Waals surface area contributed by atoms with Gasteiger partial charge in [-0.2, -0.15) is 0 Å². The lowest BCUT2D eigenvalue weighted by atomic mass is 10.1. The van der Waals surface area contributed by atoms with Crippen molar-refractivity contribution >= 4 is 23.2 Å². The van der Waals surface area contributed by atoms with Gasteiger partial charge < -0.3 is 20.1 Å². The van der Waals surface area contributed by atoms with E-state index in [0.717, 1.165) is 11.3 Å². The number of carbonyl (C=O) groups excluding carboxylic acids is 1. The first-order valence-electron chi connectivity index (χ1n) is 7.55. The average Bonchev–Trinajstić information content (AvgIpc) is 2.61. The molecular formula is C18H21ClN2O3. The number of benzene rings is 2. The van der Waals surface area contributed by atoms with Crippen molar-refractivity contribution in [2.75, 3.05) is 26.5 Å². The van der Waals surface area contributed by atoms with Crippen LogP contribution in [0.5, 0.6) is 11.5 Å². The number of carbonyl (C=O) groups is 1. The number of hydrogen-bond donors (Lipinski definition) is 1. The highest BCUT2D eigenvalue weighted by Gasteiger charge is 2.20. The second-order valence-corrected chi connectivity index (χ2v) is 5.65. The quantitative estimate of drug-likeness (QED) is 0.810. The molecule has 0 bridgehead atoms. The Morgan fingerprint density at radius 3 is 2.38 bits per heavy atom. The highest BCUT2D eigenvalue weighted by atomic mass is 35.5. The first-order valence-corrected chi connectivity index (χ1v) is 7.93. The number of amides is 1. The van der Waals surface area contributed by atoms with Gasteiger partial charge in [-0.05, 0) is 30.7 Å². The third-order valence-electron chi connectivity index (χ3n) is 3.75. The molecule has 24 heavy (non-hydrogen) atoms. The van der Waals surface area contributed by atoms with E-state index >= 15 is 0 Å². The average molecular weight is 349 g/mol. The van der Waals surface area contributed by atoms with Crippen molar-refractivity contribution < 1.29 is 14.3 Å². The monoisotopic (exact) mass is 348 g/mol. The number of ether oxygens (including phenoxy) is 2. The van der Waals surface area contributed by atoms with Gasteiger partial charge in [0, 0.05) is 19.2 Å². The second kappa shape index (κ2) is 7.93. The minimum absolute atomic E-state index is 0.160. The zero-order chi connectivity index (χ0) is 17.7. The molecule has 0 radical (unpaired) electrons. The molecule has 128 valence electrons. The van der Waals surface area contributed by atoms with Gasteiger partial charge in [0.1, 0.15) is 11.5 Å². The van der Waals surface area contributed by atoms with Crippen LogP contribution in [0.1, 0.15) is 22.8 Å². The molecule has 0 atom stereocenters. The van der Waals surface area contributed by atoms with E-state index in [4.69, 9.17) is 26.8 Å². The molecule has 0 saturated carbocycles. The Balaban J connectivity index is 2.26. The van der Waals surface area contributed by atoms with E-state index < -0.39 is 0 Å². The van der Waals surface area contributed by atoms with E-state index in [2.05, 4.69) is 0 Å². The topological polar surface area (TPSA) is 64.8 Å². The van der Waals surface area contributed by atoms with E-state index in [1.54, 1.807) is 24.1 Å². The number of methoxy groups -OCH3 is 2. The summed E-state index contributed by atoms with van der Waals surface area (Å²) in [6.07, 6.45) is 0. The molecule has 6 heteroatoms. The zero-order valence-electron chi connectivity index (χ0n) is 14.0. The molecule has 0 heterocycles. The minimum atomic E-state index is -0.160. The molecule has 5 nitrogen and oxygen atoms in total. The number of hydrogen-bond acceptors (Lipinski definition) is 4. The van der Waals surface area contributed by atoms with Crippen molar-refractivity contribution in [3.05, 3.63) is 52.5 Å². The third kappa shape index (κ3) is 3.92. The Kier molecular flexibility index (Phi) is 5.93. The Hall–Kier alpha value is -2.40. The first-order chi connectivity index (χ1) is 11.5. The van der Waals surface area contributed by atoms with Crippen LogP contribution in [0.3, 0.4) is 0 Å². The Morgan fingerprint density at radius 1 is 1.17 bits per heavy atom. The highest BCUT2D eigenvalue weighted by molar-refractivity contribution is 6.33. The summed E-state index contributed by atoms with van der Waals surface area (Å²) in [7, 11) is 3.12. The summed E-state index contributed by atoms with van der Waals surface area (Å²) in [6.45, 7) is 2.95. The van der Waals surface area contributed by atoms with Crippen molar-refractivity contribution in [1.29, 1.82) is 0 Å². The molecule has 0 aliphatic rings. The molecule has 0 saturated heterocycles. The van der Waals surface area contributed by atoms with Crippen LogP contribution in [-0.4, -0.2) is 31.6 Å². The van der Waals surface area contributed by atoms with Gasteiger partial charge in [-0.1, -0.05) is 23.7 Å². The van der Waals surface area contributed by atoms with Crippen molar-refractivity contribution in [1.82, 2.24) is 4.90 Å². The number of rotatable bonds is 6. The molecule has 0 spiro atoms. The van der Waals surface area contributed by atoms with Crippen LogP contribution in [0.2, 0.25) is 5.02 Å². The van der Waals surface area contributed by atoms with E-state index in [1.165, 1.54) is 7.11 Å². The zero-order valence-corrected chi connectivity index (χ0v) is 14.8. The SMILES string of the molecule is CCN(Cc1ccc(OC)cc1)C(=O)c1cc(Cl)c(N)cc1OC. The molecule has 0 aliphatic carbocycles. The van der Waals surface area contributed by atoms with Gasteiger partial charge in [-0.15, -0.1) is 0 Å². The molecule has 0 fully saturated rings. The lowest BCUT2D eigenvalue weighted by Crippen LogP contribution is -2.30. The normalized spacial score (nSPS) is 10.3. The van der Waals surface area contributed by atoms with E-state index in [0.29, 0.717) is 35.1 Å². The van der Waals surface area contributed by atoms with Crippen molar-refractivity contribution in [2.24, 2.45) is 0 Å². The van der Waals surface area contributed by atoms with Gasteiger partial charge in [-0.25, -0.2) is 0 Å². The fraction of sp³-hybridized carbons (Fsp3) is 0.278. The van der Waals surface area contributed by atoms with Crippen LogP contribution in [0.4, 0.5) is 5.69 Å². The molecular weight excluding hydrogens is 328 g/mol. The summed E-state index contributed by atoms with van der Waals surface area (Å²) in [6, 6.07) is 10.7. The van der Waals surface area contributed by atoms with Crippen LogP contribution >= 0.6 is 11.6 Å². The Morgan fingerprint density at radius 2 is 1.83 bits per heavy atom. The molecule has 0 aliphatic heterocycles. The predicted octanol–water partition coefficient (Wildman–Crippen LogP) is 3.60. The maximum atomic E-state index is 12.9. The van der Waals surface area contributed by atoms with Gasteiger partial charge in [0.2, 0.25) is 0 Å². The Bertz CT molecular complexity index is 717. The van der Waals surface area contributed by atoms with Gasteiger partial charge in [0.05, 0.1) is 30.5 Å². The summed E-state index contributed by atoms with van der Waals surface area (Å²) in [5.74, 6) is 1.03. The van der Waals surface area contributed by atoms with Gasteiger partial charge in [0.25, 0.3) is 5.91 Å². The standard InChI is InChI=1S/C18H21ClN2O3/c1-4-21(11-12-5-7-13(23-2)8-6-12)18(22)14-9-15(19)16(20)10-17(14)24-3/h5-10H,4,11,20H2,1-3H3. The summed E-state index contributed by atoms with van der Waals surface area (Å²) in [5, 5.41) is 0.333. The molecule has 2 rings (SSSR count). The molecule has 2 aromatic rings. The number of halogens is 1. The summed E-state index contributed by atoms with van der Waals surface area (Å²) in [5.41, 5.74) is 7.56. The second-order valence-electron chi connectivity index (χ2n) is 5.24. The van der Waals surface area contributed by atoms with Crippen LogP contribution < -0.4 is 15.2 Å². The first kappa shape index (κ1) is 17.9. The van der Waals surface area contributed by atoms with Crippen LogP contribution in [-0.2, 0) is 6.54 Å². The Labute approximate surface area is 146 Å². The summed E-state index contributed by atoms with van der Waals surface area (Å²) < 4.78 is 10.4. The molecule has 1 amide bonds. The number of nitrogens with two attached hydrogens (primary N) is 1. The number of anilines is 1. The number of nitrogens with zero attached hydrogens (tertiary/aromatic N) is 1. The fourth-order valence-electron chi connectivity index (χ4n) is 2.35. The van der Waals surface area contributed by atoms with Crippen LogP contribution in [0, 0.1) is 0 Å². The largest absolute Gasteiger partial charge is 0.497 e. The molecule has 0 unspecified atom stereocenters. The summed E-state index contributed by atoms with van der Waals surface area (Å²) in [4.78, 5) is 14.6. The van der Waals surface area contributed by atoms with Crippen LogP contribution in [0.25, 0.3) is 0 Å².